The molecule has 3 heterocycles. The van der Waals surface area contributed by atoms with Crippen LogP contribution in [0.1, 0.15) is 37.6 Å². The highest BCUT2D eigenvalue weighted by molar-refractivity contribution is 7.15. The molecule has 0 bridgehead atoms. The molecule has 0 aliphatic carbocycles. The zero-order valence-electron chi connectivity index (χ0n) is 23.4. The first-order chi connectivity index (χ1) is 20.5. The normalized spacial score (nSPS) is 14.6. The largest absolute Gasteiger partial charge is 0.494 e. The van der Waals surface area contributed by atoms with Crippen molar-refractivity contribution in [2.45, 2.75) is 19.9 Å². The van der Waals surface area contributed by atoms with E-state index in [9.17, 15) is 9.59 Å². The van der Waals surface area contributed by atoms with Gasteiger partial charge >= 0.3 is 0 Å². The van der Waals surface area contributed by atoms with Gasteiger partial charge < -0.3 is 24.8 Å². The van der Waals surface area contributed by atoms with Crippen molar-refractivity contribution in [1.82, 2.24) is 15.2 Å². The standard InChI is InChI=1S/C32H32N4O5S/c1-21-25(11-12-28-29(21)35-31(38)26-5-2-3-6-27(26)41-28)30(37)33-19-24-20-34-32(42-24)22-7-9-23(10-8-22)40-16-4-13-36-14-17-39-18-15-36/h2-3,5-12,20H,4,13-19H2,1H3,(H,33,37)(H,35,38). The Hall–Kier alpha value is -4.25. The Balaban J connectivity index is 1.03. The molecule has 0 saturated carbocycles. The summed E-state index contributed by atoms with van der Waals surface area (Å²) in [5, 5.41) is 6.76. The number of aromatic nitrogens is 1. The average Bonchev–Trinajstić information content (AvgIpc) is 3.44. The Morgan fingerprint density at radius 1 is 1.07 bits per heavy atom. The van der Waals surface area contributed by atoms with Crippen molar-refractivity contribution in [3.63, 3.8) is 0 Å². The number of ether oxygens (including phenoxy) is 3. The van der Waals surface area contributed by atoms with Crippen LogP contribution in [0.2, 0.25) is 0 Å². The summed E-state index contributed by atoms with van der Waals surface area (Å²) in [5.74, 6) is 1.31. The van der Waals surface area contributed by atoms with Crippen LogP contribution in [0.25, 0.3) is 10.6 Å². The Morgan fingerprint density at radius 2 is 1.88 bits per heavy atom. The highest BCUT2D eigenvalue weighted by atomic mass is 32.1. The summed E-state index contributed by atoms with van der Waals surface area (Å²) in [4.78, 5) is 33.8. The van der Waals surface area contributed by atoms with Crippen molar-refractivity contribution in [2.24, 2.45) is 0 Å². The molecule has 0 atom stereocenters. The molecule has 2 N–H and O–H groups in total. The van der Waals surface area contributed by atoms with Gasteiger partial charge in [-0.05, 0) is 67.4 Å². The molecular formula is C32H32N4O5S. The van der Waals surface area contributed by atoms with Gasteiger partial charge in [-0.3, -0.25) is 14.5 Å². The Morgan fingerprint density at radius 3 is 2.71 bits per heavy atom. The summed E-state index contributed by atoms with van der Waals surface area (Å²) in [6.07, 6.45) is 2.76. The third kappa shape index (κ3) is 6.30. The van der Waals surface area contributed by atoms with Crippen LogP contribution in [0.5, 0.6) is 17.2 Å². The van der Waals surface area contributed by atoms with E-state index >= 15 is 0 Å². The van der Waals surface area contributed by atoms with Crippen molar-refractivity contribution in [1.29, 1.82) is 0 Å². The third-order valence-electron chi connectivity index (χ3n) is 7.33. The fourth-order valence-corrected chi connectivity index (χ4v) is 5.86. The van der Waals surface area contributed by atoms with Crippen LogP contribution in [0.15, 0.2) is 66.9 Å². The molecule has 216 valence electrons. The SMILES string of the molecule is Cc1c(C(=O)NCc2cnc(-c3ccc(OCCCN4CCOCC4)cc3)s2)ccc2c1NC(=O)c1ccccc1O2. The van der Waals surface area contributed by atoms with E-state index in [1.54, 1.807) is 43.5 Å². The number of para-hydroxylation sites is 1. The van der Waals surface area contributed by atoms with Gasteiger partial charge in [0.25, 0.3) is 11.8 Å². The molecule has 6 rings (SSSR count). The van der Waals surface area contributed by atoms with Crippen molar-refractivity contribution >= 4 is 28.8 Å². The molecule has 42 heavy (non-hydrogen) atoms. The van der Waals surface area contributed by atoms with Crippen molar-refractivity contribution < 1.29 is 23.8 Å². The number of morpholine rings is 1. The first-order valence-electron chi connectivity index (χ1n) is 14.0. The molecule has 4 aromatic rings. The second kappa shape index (κ2) is 12.7. The second-order valence-electron chi connectivity index (χ2n) is 10.2. The average molecular weight is 585 g/mol. The number of hydrogen-bond donors (Lipinski definition) is 2. The molecule has 0 unspecified atom stereocenters. The summed E-state index contributed by atoms with van der Waals surface area (Å²) < 4.78 is 17.3. The van der Waals surface area contributed by atoms with Gasteiger partial charge in [0, 0.05) is 41.8 Å². The van der Waals surface area contributed by atoms with Crippen LogP contribution in [-0.4, -0.2) is 61.2 Å². The smallest absolute Gasteiger partial charge is 0.259 e. The maximum atomic E-state index is 13.1. The number of fused-ring (bicyclic) bond motifs is 2. The van der Waals surface area contributed by atoms with Gasteiger partial charge in [-0.25, -0.2) is 4.98 Å². The van der Waals surface area contributed by atoms with E-state index in [1.807, 2.05) is 30.3 Å². The Bertz CT molecular complexity index is 1580. The monoisotopic (exact) mass is 584 g/mol. The summed E-state index contributed by atoms with van der Waals surface area (Å²) in [7, 11) is 0. The number of thiazole rings is 1. The van der Waals surface area contributed by atoms with Crippen LogP contribution >= 0.6 is 11.3 Å². The Labute approximate surface area is 248 Å². The molecule has 9 nitrogen and oxygen atoms in total. The van der Waals surface area contributed by atoms with Crippen LogP contribution in [-0.2, 0) is 11.3 Å². The van der Waals surface area contributed by atoms with Gasteiger partial charge in [-0.2, -0.15) is 0 Å². The molecule has 1 saturated heterocycles. The number of hydrogen-bond acceptors (Lipinski definition) is 8. The Kier molecular flexibility index (Phi) is 8.45. The number of nitrogens with zero attached hydrogens (tertiary/aromatic N) is 2. The van der Waals surface area contributed by atoms with Crippen molar-refractivity contribution in [2.75, 3.05) is 44.8 Å². The highest BCUT2D eigenvalue weighted by Crippen LogP contribution is 2.38. The topological polar surface area (TPSA) is 102 Å². The fourth-order valence-electron chi connectivity index (χ4n) is 5.00. The number of carbonyl (C=O) groups is 2. The molecule has 10 heteroatoms. The van der Waals surface area contributed by atoms with Gasteiger partial charge in [-0.1, -0.05) is 12.1 Å². The zero-order chi connectivity index (χ0) is 28.9. The fraction of sp³-hybridized carbons (Fsp3) is 0.281. The molecule has 2 amide bonds. The minimum Gasteiger partial charge on any atom is -0.494 e. The van der Waals surface area contributed by atoms with Crippen LogP contribution in [0, 0.1) is 6.92 Å². The lowest BCUT2D eigenvalue weighted by molar-refractivity contribution is 0.0358. The molecular weight excluding hydrogens is 552 g/mol. The predicted molar refractivity (Wildman–Crippen MR) is 162 cm³/mol. The van der Waals surface area contributed by atoms with Crippen molar-refractivity contribution in [3.8, 4) is 27.8 Å². The van der Waals surface area contributed by atoms with Crippen LogP contribution in [0.4, 0.5) is 5.69 Å². The summed E-state index contributed by atoms with van der Waals surface area (Å²) >= 11 is 1.53. The summed E-state index contributed by atoms with van der Waals surface area (Å²) in [6, 6.07) is 18.4. The maximum absolute atomic E-state index is 13.1. The summed E-state index contributed by atoms with van der Waals surface area (Å²) in [5.41, 5.74) is 3.04. The molecule has 2 aliphatic heterocycles. The van der Waals surface area contributed by atoms with Gasteiger partial charge in [0.1, 0.15) is 16.5 Å². The number of amides is 2. The molecule has 0 radical (unpaired) electrons. The van der Waals surface area contributed by atoms with Gasteiger partial charge in [0.05, 0.1) is 37.6 Å². The summed E-state index contributed by atoms with van der Waals surface area (Å²) in [6.45, 7) is 7.45. The predicted octanol–water partition coefficient (Wildman–Crippen LogP) is 5.51. The van der Waals surface area contributed by atoms with E-state index in [2.05, 4.69) is 20.5 Å². The lowest BCUT2D eigenvalue weighted by atomic mass is 10.0. The molecule has 3 aromatic carbocycles. The molecule has 2 aliphatic rings. The van der Waals surface area contributed by atoms with Gasteiger partial charge in [0.2, 0.25) is 0 Å². The molecule has 1 fully saturated rings. The van der Waals surface area contributed by atoms with Gasteiger partial charge in [0.15, 0.2) is 5.75 Å². The lowest BCUT2D eigenvalue weighted by Gasteiger charge is -2.26. The minimum absolute atomic E-state index is 0.239. The number of nitrogens with one attached hydrogen (secondary N) is 2. The van der Waals surface area contributed by atoms with E-state index in [4.69, 9.17) is 14.2 Å². The number of anilines is 1. The van der Waals surface area contributed by atoms with Crippen LogP contribution in [0.3, 0.4) is 0 Å². The maximum Gasteiger partial charge on any atom is 0.259 e. The van der Waals surface area contributed by atoms with E-state index in [-0.39, 0.29) is 11.8 Å². The number of benzene rings is 3. The van der Waals surface area contributed by atoms with E-state index in [0.29, 0.717) is 47.0 Å². The first kappa shape index (κ1) is 27.9. The first-order valence-corrected chi connectivity index (χ1v) is 14.8. The van der Waals surface area contributed by atoms with E-state index in [0.717, 1.165) is 60.5 Å². The molecule has 1 aromatic heterocycles. The highest BCUT2D eigenvalue weighted by Gasteiger charge is 2.24. The number of rotatable bonds is 9. The second-order valence-corrected chi connectivity index (χ2v) is 11.3. The lowest BCUT2D eigenvalue weighted by Crippen LogP contribution is -2.37. The van der Waals surface area contributed by atoms with E-state index in [1.165, 1.54) is 11.3 Å². The third-order valence-corrected chi connectivity index (χ3v) is 8.38. The van der Waals surface area contributed by atoms with E-state index < -0.39 is 0 Å². The van der Waals surface area contributed by atoms with Gasteiger partial charge in [-0.15, -0.1) is 11.3 Å². The van der Waals surface area contributed by atoms with Crippen molar-refractivity contribution in [3.05, 3.63) is 88.4 Å². The zero-order valence-corrected chi connectivity index (χ0v) is 24.2. The quantitative estimate of drug-likeness (QED) is 0.250. The molecule has 0 spiro atoms. The minimum atomic E-state index is -0.273. The number of carbonyl (C=O) groups excluding carboxylic acids is 2. The van der Waals surface area contributed by atoms with Crippen LogP contribution < -0.4 is 20.1 Å².